The molecule has 0 unspecified atom stereocenters. The van der Waals surface area contributed by atoms with Gasteiger partial charge in [0.15, 0.2) is 0 Å². The van der Waals surface area contributed by atoms with Gasteiger partial charge in [-0.25, -0.2) is 17.5 Å². The summed E-state index contributed by atoms with van der Waals surface area (Å²) in [4.78, 5) is 4.56. The number of piperazine rings is 1. The first-order chi connectivity index (χ1) is 13.4. The summed E-state index contributed by atoms with van der Waals surface area (Å²) in [6.45, 7) is 4.82. The normalized spacial score (nSPS) is 15.7. The summed E-state index contributed by atoms with van der Waals surface area (Å²) >= 11 is 6.04. The molecule has 1 N–H and O–H groups in total. The topological polar surface area (TPSA) is 52.7 Å². The van der Waals surface area contributed by atoms with Crippen LogP contribution in [-0.4, -0.2) is 52.6 Å². The zero-order valence-corrected chi connectivity index (χ0v) is 17.2. The number of halogens is 2. The highest BCUT2D eigenvalue weighted by molar-refractivity contribution is 7.88. The molecule has 2 aromatic rings. The summed E-state index contributed by atoms with van der Waals surface area (Å²) in [6, 6.07) is 13.6. The molecular weight excluding hydrogens is 401 g/mol. The van der Waals surface area contributed by atoms with Crippen LogP contribution in [0.25, 0.3) is 0 Å². The van der Waals surface area contributed by atoms with Gasteiger partial charge < -0.3 is 4.90 Å². The second kappa shape index (κ2) is 9.69. The molecule has 1 fully saturated rings. The van der Waals surface area contributed by atoms with Gasteiger partial charge in [-0.2, -0.15) is 0 Å². The smallest absolute Gasteiger partial charge is 0.215 e. The Bertz CT molecular complexity index is 869. The molecule has 1 heterocycles. The molecule has 0 atom stereocenters. The van der Waals surface area contributed by atoms with Crippen molar-refractivity contribution in [1.82, 2.24) is 9.62 Å². The lowest BCUT2D eigenvalue weighted by Crippen LogP contribution is -2.47. The van der Waals surface area contributed by atoms with E-state index in [4.69, 9.17) is 11.6 Å². The number of benzene rings is 2. The monoisotopic (exact) mass is 425 g/mol. The van der Waals surface area contributed by atoms with Gasteiger partial charge in [-0.1, -0.05) is 29.8 Å². The molecule has 152 valence electrons. The molecule has 3 rings (SSSR count). The zero-order valence-electron chi connectivity index (χ0n) is 15.7. The number of anilines is 1. The van der Waals surface area contributed by atoms with Crippen molar-refractivity contribution < 1.29 is 12.8 Å². The SMILES string of the molecule is O=S(=O)(Cc1ccccc1Cl)NCCCN1CCN(c2ccc(F)cc2)CC1. The maximum Gasteiger partial charge on any atom is 0.215 e. The fourth-order valence-corrected chi connectivity index (χ4v) is 4.78. The van der Waals surface area contributed by atoms with Crippen LogP contribution in [0.4, 0.5) is 10.1 Å². The Balaban J connectivity index is 1.37. The van der Waals surface area contributed by atoms with Gasteiger partial charge in [-0.3, -0.25) is 4.90 Å². The van der Waals surface area contributed by atoms with Crippen molar-refractivity contribution in [3.63, 3.8) is 0 Å². The molecule has 1 aliphatic rings. The third-order valence-electron chi connectivity index (χ3n) is 4.84. The summed E-state index contributed by atoms with van der Waals surface area (Å²) in [5, 5.41) is 0.465. The van der Waals surface area contributed by atoms with Gasteiger partial charge in [0.1, 0.15) is 5.82 Å². The fourth-order valence-electron chi connectivity index (χ4n) is 3.28. The molecule has 1 saturated heterocycles. The number of rotatable bonds is 8. The minimum absolute atomic E-state index is 0.108. The largest absolute Gasteiger partial charge is 0.369 e. The lowest BCUT2D eigenvalue weighted by atomic mass is 10.2. The molecule has 0 aliphatic carbocycles. The molecule has 0 amide bonds. The Morgan fingerprint density at radius 2 is 1.68 bits per heavy atom. The molecule has 0 spiro atoms. The average molecular weight is 426 g/mol. The highest BCUT2D eigenvalue weighted by Crippen LogP contribution is 2.18. The van der Waals surface area contributed by atoms with Crippen molar-refractivity contribution in [3.05, 3.63) is 64.9 Å². The van der Waals surface area contributed by atoms with Gasteiger partial charge in [-0.05, 0) is 48.9 Å². The minimum Gasteiger partial charge on any atom is -0.369 e. The van der Waals surface area contributed by atoms with E-state index < -0.39 is 10.0 Å². The first-order valence-corrected chi connectivity index (χ1v) is 11.4. The molecular formula is C20H25ClFN3O2S. The molecule has 0 radical (unpaired) electrons. The van der Waals surface area contributed by atoms with Crippen LogP contribution in [0.15, 0.2) is 48.5 Å². The Labute approximate surface area is 171 Å². The Morgan fingerprint density at radius 3 is 2.36 bits per heavy atom. The quantitative estimate of drug-likeness (QED) is 0.660. The summed E-state index contributed by atoms with van der Waals surface area (Å²) in [5.41, 5.74) is 1.64. The molecule has 8 heteroatoms. The fraction of sp³-hybridized carbons (Fsp3) is 0.400. The molecule has 0 aromatic heterocycles. The Kier molecular flexibility index (Phi) is 7.29. The summed E-state index contributed by atoms with van der Waals surface area (Å²) in [7, 11) is -3.40. The Hall–Kier alpha value is -1.67. The van der Waals surface area contributed by atoms with E-state index >= 15 is 0 Å². The number of nitrogens with zero attached hydrogens (tertiary/aromatic N) is 2. The first-order valence-electron chi connectivity index (χ1n) is 9.36. The van der Waals surface area contributed by atoms with Crippen LogP contribution in [-0.2, 0) is 15.8 Å². The van der Waals surface area contributed by atoms with Gasteiger partial charge in [0.05, 0.1) is 5.75 Å². The van der Waals surface area contributed by atoms with Crippen LogP contribution >= 0.6 is 11.6 Å². The molecule has 2 aromatic carbocycles. The van der Waals surface area contributed by atoms with Crippen LogP contribution in [0.2, 0.25) is 5.02 Å². The third kappa shape index (κ3) is 6.17. The van der Waals surface area contributed by atoms with E-state index in [9.17, 15) is 12.8 Å². The zero-order chi connectivity index (χ0) is 20.0. The minimum atomic E-state index is -3.40. The highest BCUT2D eigenvalue weighted by Gasteiger charge is 2.17. The lowest BCUT2D eigenvalue weighted by Gasteiger charge is -2.36. The summed E-state index contributed by atoms with van der Waals surface area (Å²) in [5.74, 6) is -0.331. The second-order valence-corrected chi connectivity index (χ2v) is 9.12. The van der Waals surface area contributed by atoms with Crippen molar-refractivity contribution in [1.29, 1.82) is 0 Å². The maximum absolute atomic E-state index is 13.0. The highest BCUT2D eigenvalue weighted by atomic mass is 35.5. The first kappa shape index (κ1) is 21.0. The van der Waals surface area contributed by atoms with E-state index in [1.54, 1.807) is 36.4 Å². The van der Waals surface area contributed by atoms with Crippen molar-refractivity contribution in [2.45, 2.75) is 12.2 Å². The Morgan fingerprint density at radius 1 is 1.00 bits per heavy atom. The summed E-state index contributed by atoms with van der Waals surface area (Å²) in [6.07, 6.45) is 0.748. The number of hydrogen-bond donors (Lipinski definition) is 1. The lowest BCUT2D eigenvalue weighted by molar-refractivity contribution is 0.255. The van der Waals surface area contributed by atoms with Gasteiger partial charge in [-0.15, -0.1) is 0 Å². The molecule has 1 aliphatic heterocycles. The van der Waals surface area contributed by atoms with E-state index in [2.05, 4.69) is 14.5 Å². The number of hydrogen-bond acceptors (Lipinski definition) is 4. The van der Waals surface area contributed by atoms with Crippen LogP contribution < -0.4 is 9.62 Å². The standard InChI is InChI=1S/C20H25ClFN3O2S/c21-20-5-2-1-4-17(20)16-28(26,27)23-10-3-11-24-12-14-25(15-13-24)19-8-6-18(22)7-9-19/h1-2,4-9,23H,3,10-16H2. The van der Waals surface area contributed by atoms with Crippen molar-refractivity contribution in [3.8, 4) is 0 Å². The van der Waals surface area contributed by atoms with E-state index in [1.807, 2.05) is 0 Å². The van der Waals surface area contributed by atoms with Gasteiger partial charge >= 0.3 is 0 Å². The molecule has 5 nitrogen and oxygen atoms in total. The van der Waals surface area contributed by atoms with Crippen molar-refractivity contribution >= 4 is 27.3 Å². The van der Waals surface area contributed by atoms with E-state index in [0.29, 0.717) is 17.1 Å². The van der Waals surface area contributed by atoms with Gasteiger partial charge in [0.25, 0.3) is 0 Å². The van der Waals surface area contributed by atoms with Crippen LogP contribution in [0.3, 0.4) is 0 Å². The van der Waals surface area contributed by atoms with Crippen molar-refractivity contribution in [2.75, 3.05) is 44.2 Å². The number of nitrogens with one attached hydrogen (secondary N) is 1. The predicted octanol–water partition coefficient (Wildman–Crippen LogP) is 3.11. The molecule has 0 bridgehead atoms. The third-order valence-corrected chi connectivity index (χ3v) is 6.54. The van der Waals surface area contributed by atoms with Gasteiger partial charge in [0.2, 0.25) is 10.0 Å². The second-order valence-electron chi connectivity index (χ2n) is 6.90. The number of sulfonamides is 1. The summed E-state index contributed by atoms with van der Waals surface area (Å²) < 4.78 is 40.1. The van der Waals surface area contributed by atoms with Crippen LogP contribution in [0.5, 0.6) is 0 Å². The van der Waals surface area contributed by atoms with E-state index in [1.165, 1.54) is 12.1 Å². The van der Waals surface area contributed by atoms with E-state index in [-0.39, 0.29) is 11.6 Å². The predicted molar refractivity (Wildman–Crippen MR) is 112 cm³/mol. The van der Waals surface area contributed by atoms with Crippen LogP contribution in [0.1, 0.15) is 12.0 Å². The maximum atomic E-state index is 13.0. The van der Waals surface area contributed by atoms with E-state index in [0.717, 1.165) is 44.8 Å². The average Bonchev–Trinajstić information content (AvgIpc) is 2.68. The molecule has 28 heavy (non-hydrogen) atoms. The van der Waals surface area contributed by atoms with Crippen molar-refractivity contribution in [2.24, 2.45) is 0 Å². The molecule has 0 saturated carbocycles. The van der Waals surface area contributed by atoms with Gasteiger partial charge in [0, 0.05) is 43.4 Å². The van der Waals surface area contributed by atoms with Crippen LogP contribution in [0, 0.1) is 5.82 Å².